The molecule has 3 rings (SSSR count). The maximum Gasteiger partial charge on any atom is 0.267 e. The van der Waals surface area contributed by atoms with Gasteiger partial charge in [0.15, 0.2) is 0 Å². The number of amides is 2. The zero-order valence-corrected chi connectivity index (χ0v) is 15.9. The lowest BCUT2D eigenvalue weighted by atomic mass is 10.1. The topological polar surface area (TPSA) is 71.3 Å². The number of benzene rings is 2. The highest BCUT2D eigenvalue weighted by atomic mass is 19.1. The number of carbonyl (C=O) groups excluding carboxylic acids is 2. The Morgan fingerprint density at radius 2 is 1.72 bits per heavy atom. The van der Waals surface area contributed by atoms with E-state index in [2.05, 4.69) is 10.6 Å². The van der Waals surface area contributed by atoms with Crippen molar-refractivity contribution in [3.8, 4) is 0 Å². The van der Waals surface area contributed by atoms with E-state index in [4.69, 9.17) is 4.42 Å². The summed E-state index contributed by atoms with van der Waals surface area (Å²) in [6, 6.07) is 18.5. The zero-order chi connectivity index (χ0) is 20.6. The average molecular weight is 392 g/mol. The maximum atomic E-state index is 13.7. The molecule has 0 aliphatic rings. The first-order valence-corrected chi connectivity index (χ1v) is 9.19. The van der Waals surface area contributed by atoms with Gasteiger partial charge < -0.3 is 15.1 Å². The Labute approximate surface area is 168 Å². The molecule has 0 unspecified atom stereocenters. The van der Waals surface area contributed by atoms with Crippen molar-refractivity contribution in [2.75, 3.05) is 6.54 Å². The van der Waals surface area contributed by atoms with Gasteiger partial charge in [0.2, 0.25) is 0 Å². The second-order valence-corrected chi connectivity index (χ2v) is 6.42. The predicted octanol–water partition coefficient (Wildman–Crippen LogP) is 3.86. The normalized spacial score (nSPS) is 11.2. The number of hydrogen-bond donors (Lipinski definition) is 2. The van der Waals surface area contributed by atoms with Gasteiger partial charge in [-0.1, -0.05) is 36.4 Å². The highest BCUT2D eigenvalue weighted by Gasteiger charge is 2.15. The van der Waals surface area contributed by atoms with Crippen LogP contribution in [0.25, 0.3) is 6.08 Å². The van der Waals surface area contributed by atoms with Crippen LogP contribution < -0.4 is 10.6 Å². The van der Waals surface area contributed by atoms with Gasteiger partial charge in [-0.25, -0.2) is 4.39 Å². The number of halogens is 1. The largest absolute Gasteiger partial charge is 0.462 e. The Morgan fingerprint density at radius 3 is 2.41 bits per heavy atom. The van der Waals surface area contributed by atoms with Crippen molar-refractivity contribution < 1.29 is 18.4 Å². The number of nitrogens with one attached hydrogen (secondary N) is 2. The Morgan fingerprint density at radius 1 is 1.00 bits per heavy atom. The molecule has 0 aliphatic carbocycles. The second-order valence-electron chi connectivity index (χ2n) is 6.42. The SMILES string of the molecule is Cc1ccc(C=C(NC(=O)c2ccccc2)C(=O)NCCc2ccccc2F)o1. The van der Waals surface area contributed by atoms with Crippen LogP contribution in [0.1, 0.15) is 27.4 Å². The van der Waals surface area contributed by atoms with Gasteiger partial charge in [0.05, 0.1) is 0 Å². The molecular weight excluding hydrogens is 371 g/mol. The van der Waals surface area contributed by atoms with Crippen LogP contribution in [0.2, 0.25) is 0 Å². The van der Waals surface area contributed by atoms with Gasteiger partial charge in [0, 0.05) is 18.2 Å². The van der Waals surface area contributed by atoms with Crippen molar-refractivity contribution in [1.82, 2.24) is 10.6 Å². The van der Waals surface area contributed by atoms with E-state index < -0.39 is 11.8 Å². The van der Waals surface area contributed by atoms with Crippen molar-refractivity contribution in [2.45, 2.75) is 13.3 Å². The minimum atomic E-state index is -0.486. The fourth-order valence-corrected chi connectivity index (χ4v) is 2.72. The van der Waals surface area contributed by atoms with Crippen LogP contribution in [0.5, 0.6) is 0 Å². The number of hydrogen-bond acceptors (Lipinski definition) is 3. The molecule has 5 nitrogen and oxygen atoms in total. The molecule has 6 heteroatoms. The number of carbonyl (C=O) groups is 2. The van der Waals surface area contributed by atoms with Gasteiger partial charge in [0.1, 0.15) is 23.0 Å². The van der Waals surface area contributed by atoms with Crippen LogP contribution in [-0.4, -0.2) is 18.4 Å². The molecule has 148 valence electrons. The summed E-state index contributed by atoms with van der Waals surface area (Å²) in [7, 11) is 0. The molecular formula is C23H21FN2O3. The summed E-state index contributed by atoms with van der Waals surface area (Å²) in [6.07, 6.45) is 1.80. The maximum absolute atomic E-state index is 13.7. The number of rotatable bonds is 7. The Hall–Kier alpha value is -3.67. The van der Waals surface area contributed by atoms with Crippen molar-refractivity contribution in [3.63, 3.8) is 0 Å². The van der Waals surface area contributed by atoms with Gasteiger partial charge in [-0.3, -0.25) is 9.59 Å². The molecule has 2 N–H and O–H groups in total. The lowest BCUT2D eigenvalue weighted by Crippen LogP contribution is -2.35. The number of furan rings is 1. The fourth-order valence-electron chi connectivity index (χ4n) is 2.72. The summed E-state index contributed by atoms with van der Waals surface area (Å²) in [4.78, 5) is 25.1. The lowest BCUT2D eigenvalue weighted by molar-refractivity contribution is -0.117. The first-order chi connectivity index (χ1) is 14.0. The minimum Gasteiger partial charge on any atom is -0.462 e. The molecule has 0 aliphatic heterocycles. The Bertz CT molecular complexity index is 1030. The Balaban J connectivity index is 1.71. The molecule has 0 bridgehead atoms. The Kier molecular flexibility index (Phi) is 6.58. The van der Waals surface area contributed by atoms with E-state index in [1.807, 2.05) is 0 Å². The van der Waals surface area contributed by atoms with Crippen LogP contribution in [0.3, 0.4) is 0 Å². The molecule has 2 amide bonds. The van der Waals surface area contributed by atoms with Gasteiger partial charge >= 0.3 is 0 Å². The van der Waals surface area contributed by atoms with Gasteiger partial charge in [0.25, 0.3) is 11.8 Å². The minimum absolute atomic E-state index is 0.0433. The van der Waals surface area contributed by atoms with E-state index >= 15 is 0 Å². The summed E-state index contributed by atoms with van der Waals surface area (Å²) >= 11 is 0. The van der Waals surface area contributed by atoms with Crippen molar-refractivity contribution >= 4 is 17.9 Å². The first-order valence-electron chi connectivity index (χ1n) is 9.19. The summed E-state index contributed by atoms with van der Waals surface area (Å²) in [6.45, 7) is 2.00. The third-order valence-electron chi connectivity index (χ3n) is 4.21. The third kappa shape index (κ3) is 5.65. The second kappa shape index (κ2) is 9.50. The van der Waals surface area contributed by atoms with Crippen molar-refractivity contribution in [1.29, 1.82) is 0 Å². The van der Waals surface area contributed by atoms with Crippen molar-refractivity contribution in [2.24, 2.45) is 0 Å². The van der Waals surface area contributed by atoms with Crippen LogP contribution in [0.15, 0.2) is 76.8 Å². The van der Waals surface area contributed by atoms with Crippen LogP contribution in [-0.2, 0) is 11.2 Å². The average Bonchev–Trinajstić information content (AvgIpc) is 3.14. The molecule has 1 aromatic heterocycles. The molecule has 2 aromatic carbocycles. The molecule has 0 saturated carbocycles. The molecule has 0 fully saturated rings. The summed E-state index contributed by atoms with van der Waals surface area (Å²) in [5.41, 5.74) is 0.975. The molecule has 0 radical (unpaired) electrons. The van der Waals surface area contributed by atoms with E-state index in [1.165, 1.54) is 12.1 Å². The summed E-state index contributed by atoms with van der Waals surface area (Å²) in [5, 5.41) is 5.34. The van der Waals surface area contributed by atoms with E-state index in [-0.39, 0.29) is 18.1 Å². The molecule has 0 saturated heterocycles. The van der Waals surface area contributed by atoms with Crippen LogP contribution in [0.4, 0.5) is 4.39 Å². The summed E-state index contributed by atoms with van der Waals surface area (Å²) in [5.74, 6) is -0.0925. The number of aryl methyl sites for hydroxylation is 1. The molecule has 1 heterocycles. The predicted molar refractivity (Wildman–Crippen MR) is 108 cm³/mol. The van der Waals surface area contributed by atoms with Gasteiger partial charge in [-0.2, -0.15) is 0 Å². The summed E-state index contributed by atoms with van der Waals surface area (Å²) < 4.78 is 19.2. The molecule has 29 heavy (non-hydrogen) atoms. The van der Waals surface area contributed by atoms with E-state index in [1.54, 1.807) is 67.6 Å². The molecule has 3 aromatic rings. The van der Waals surface area contributed by atoms with Gasteiger partial charge in [-0.05, 0) is 49.2 Å². The van der Waals surface area contributed by atoms with E-state index in [9.17, 15) is 14.0 Å². The van der Waals surface area contributed by atoms with E-state index in [0.29, 0.717) is 29.1 Å². The van der Waals surface area contributed by atoms with Crippen molar-refractivity contribution in [3.05, 3.63) is 101 Å². The van der Waals surface area contributed by atoms with Gasteiger partial charge in [-0.15, -0.1) is 0 Å². The highest BCUT2D eigenvalue weighted by molar-refractivity contribution is 6.05. The molecule has 0 atom stereocenters. The zero-order valence-electron chi connectivity index (χ0n) is 15.9. The lowest BCUT2D eigenvalue weighted by Gasteiger charge is -2.11. The highest BCUT2D eigenvalue weighted by Crippen LogP contribution is 2.11. The van der Waals surface area contributed by atoms with Crippen LogP contribution in [0, 0.1) is 12.7 Å². The van der Waals surface area contributed by atoms with Crippen LogP contribution >= 0.6 is 0 Å². The quantitative estimate of drug-likeness (QED) is 0.600. The molecule has 0 spiro atoms. The first kappa shape index (κ1) is 20.1. The van der Waals surface area contributed by atoms with E-state index in [0.717, 1.165) is 0 Å². The smallest absolute Gasteiger partial charge is 0.267 e. The monoisotopic (exact) mass is 392 g/mol. The third-order valence-corrected chi connectivity index (χ3v) is 4.21. The standard InChI is InChI=1S/C23H21FN2O3/c1-16-11-12-19(29-16)15-21(26-22(27)18-8-3-2-4-9-18)23(28)25-14-13-17-7-5-6-10-20(17)24/h2-12,15H,13-14H2,1H3,(H,25,28)(H,26,27). The fraction of sp³-hybridized carbons (Fsp3) is 0.130.